The molecular formula is C40H58N6O8. The fraction of sp³-hybridized carbons (Fsp3) is 0.550. The first-order valence-electron chi connectivity index (χ1n) is 18.2. The van der Waals surface area contributed by atoms with Crippen LogP contribution in [0.4, 0.5) is 30.6 Å². The van der Waals surface area contributed by atoms with E-state index >= 15 is 0 Å². The van der Waals surface area contributed by atoms with Crippen LogP contribution in [0, 0.1) is 0 Å². The number of hydrogen-bond acceptors (Lipinski definition) is 10. The van der Waals surface area contributed by atoms with Gasteiger partial charge in [0.05, 0.1) is 11.4 Å². The van der Waals surface area contributed by atoms with Crippen LogP contribution in [0.25, 0.3) is 0 Å². The third-order valence-corrected chi connectivity index (χ3v) is 7.51. The standard InChI is InChI=1S/C40H58N6O8/c1-36(2,3)51-32(47)43-30(44-33(48)52-37(4,5)6)41-28-20-16-26(17-21-28)40(24-14-13-15-25-40)27-18-22-29(23-19-27)42-31(45-34(49)53-38(7,8)9)46-35(50)54-39(10,11)12/h16-23H,13-15,24-25H2,1-12H3,(H2,41,43,44,47,48)(H2,42,45,46,49,50). The number of amides is 4. The van der Waals surface area contributed by atoms with Gasteiger partial charge in [-0.15, -0.1) is 0 Å². The molecule has 3 rings (SSSR count). The lowest BCUT2D eigenvalue weighted by molar-refractivity contribution is 0.0521. The molecule has 0 spiro atoms. The molecule has 0 bridgehead atoms. The SMILES string of the molecule is CC(C)(C)OC(=O)NC(=Nc1ccc(C2(c3ccc(N=C(NC(=O)OC(C)(C)C)NC(=O)OC(C)(C)C)cc3)CCCCC2)cc1)NC(=O)OC(C)(C)C. The van der Waals surface area contributed by atoms with Crippen molar-refractivity contribution in [1.82, 2.24) is 21.3 Å². The quantitative estimate of drug-likeness (QED) is 0.136. The second-order valence-electron chi connectivity index (χ2n) is 17.2. The highest BCUT2D eigenvalue weighted by molar-refractivity contribution is 6.03. The van der Waals surface area contributed by atoms with E-state index in [2.05, 4.69) is 31.3 Å². The molecule has 0 atom stereocenters. The van der Waals surface area contributed by atoms with Crippen molar-refractivity contribution >= 4 is 47.7 Å². The topological polar surface area (TPSA) is 178 Å². The van der Waals surface area contributed by atoms with Crippen LogP contribution < -0.4 is 21.3 Å². The number of rotatable bonds is 4. The van der Waals surface area contributed by atoms with E-state index in [9.17, 15) is 19.2 Å². The lowest BCUT2D eigenvalue weighted by Crippen LogP contribution is -2.47. The molecule has 0 aromatic heterocycles. The zero-order valence-corrected chi connectivity index (χ0v) is 33.8. The number of alkyl carbamates (subject to hydrolysis) is 4. The number of carbonyl (C=O) groups excluding carboxylic acids is 4. The molecule has 1 fully saturated rings. The maximum Gasteiger partial charge on any atom is 0.414 e. The van der Waals surface area contributed by atoms with Gasteiger partial charge < -0.3 is 18.9 Å². The minimum atomic E-state index is -0.781. The molecule has 14 heteroatoms. The van der Waals surface area contributed by atoms with Crippen LogP contribution >= 0.6 is 0 Å². The average Bonchev–Trinajstić information content (AvgIpc) is 2.98. The van der Waals surface area contributed by atoms with Gasteiger partial charge in [0.15, 0.2) is 0 Å². The molecule has 2 aromatic rings. The van der Waals surface area contributed by atoms with Gasteiger partial charge in [-0.2, -0.15) is 0 Å². The fourth-order valence-corrected chi connectivity index (χ4v) is 5.64. The van der Waals surface area contributed by atoms with Gasteiger partial charge in [0.2, 0.25) is 11.9 Å². The van der Waals surface area contributed by atoms with E-state index in [0.717, 1.165) is 43.2 Å². The Bertz CT molecular complexity index is 1500. The second-order valence-corrected chi connectivity index (χ2v) is 17.2. The number of hydrogen-bond donors (Lipinski definition) is 4. The van der Waals surface area contributed by atoms with Crippen LogP contribution in [0.2, 0.25) is 0 Å². The zero-order chi connectivity index (χ0) is 40.5. The first kappa shape index (κ1) is 43.3. The predicted octanol–water partition coefficient (Wildman–Crippen LogP) is 9.01. The van der Waals surface area contributed by atoms with Gasteiger partial charge in [0.1, 0.15) is 22.4 Å². The summed E-state index contributed by atoms with van der Waals surface area (Å²) < 4.78 is 21.5. The molecule has 4 amide bonds. The summed E-state index contributed by atoms with van der Waals surface area (Å²) in [5, 5.41) is 10.1. The number of nitrogens with zero attached hydrogens (tertiary/aromatic N) is 2. The van der Waals surface area contributed by atoms with Gasteiger partial charge in [0, 0.05) is 5.41 Å². The molecule has 0 saturated heterocycles. The fourth-order valence-electron chi connectivity index (χ4n) is 5.64. The van der Waals surface area contributed by atoms with Crippen molar-refractivity contribution in [2.24, 2.45) is 9.98 Å². The normalized spacial score (nSPS) is 14.4. The van der Waals surface area contributed by atoms with Crippen molar-refractivity contribution in [1.29, 1.82) is 0 Å². The zero-order valence-electron chi connectivity index (χ0n) is 33.8. The smallest absolute Gasteiger partial charge is 0.414 e. The second kappa shape index (κ2) is 17.3. The van der Waals surface area contributed by atoms with E-state index in [1.54, 1.807) is 83.1 Å². The highest BCUT2D eigenvalue weighted by Gasteiger charge is 2.36. The van der Waals surface area contributed by atoms with Crippen LogP contribution in [0.15, 0.2) is 58.5 Å². The number of aliphatic imine (C=N–C) groups is 2. The summed E-state index contributed by atoms with van der Waals surface area (Å²) >= 11 is 0. The molecule has 14 nitrogen and oxygen atoms in total. The highest BCUT2D eigenvalue weighted by Crippen LogP contribution is 2.45. The molecular weight excluding hydrogens is 692 g/mol. The Hall–Kier alpha value is -5.14. The summed E-state index contributed by atoms with van der Waals surface area (Å²) in [4.78, 5) is 59.4. The van der Waals surface area contributed by atoms with E-state index in [4.69, 9.17) is 18.9 Å². The van der Waals surface area contributed by atoms with Crippen LogP contribution in [-0.4, -0.2) is 58.7 Å². The third kappa shape index (κ3) is 15.1. The first-order valence-corrected chi connectivity index (χ1v) is 18.2. The molecule has 2 aromatic carbocycles. The molecule has 0 unspecified atom stereocenters. The van der Waals surface area contributed by atoms with Crippen molar-refractivity contribution in [2.45, 2.75) is 143 Å². The largest absolute Gasteiger partial charge is 0.444 e. The van der Waals surface area contributed by atoms with Gasteiger partial charge in [-0.05, 0) is 131 Å². The van der Waals surface area contributed by atoms with E-state index in [1.165, 1.54) is 0 Å². The molecule has 1 aliphatic carbocycles. The molecule has 0 aliphatic heterocycles. The summed E-state index contributed by atoms with van der Waals surface area (Å²) in [7, 11) is 0. The van der Waals surface area contributed by atoms with E-state index < -0.39 is 46.8 Å². The summed E-state index contributed by atoms with van der Waals surface area (Å²) in [6.07, 6.45) is 1.89. The van der Waals surface area contributed by atoms with Crippen molar-refractivity contribution in [3.8, 4) is 0 Å². The molecule has 296 valence electrons. The Morgan fingerprint density at radius 2 is 0.722 bits per heavy atom. The molecule has 1 saturated carbocycles. The Morgan fingerprint density at radius 3 is 0.963 bits per heavy atom. The third-order valence-electron chi connectivity index (χ3n) is 7.51. The summed E-state index contributed by atoms with van der Waals surface area (Å²) in [5.41, 5.74) is -0.235. The monoisotopic (exact) mass is 750 g/mol. The van der Waals surface area contributed by atoms with Crippen LogP contribution in [0.5, 0.6) is 0 Å². The van der Waals surface area contributed by atoms with Crippen LogP contribution in [0.1, 0.15) is 126 Å². The number of guanidine groups is 2. The van der Waals surface area contributed by atoms with Gasteiger partial charge in [-0.25, -0.2) is 29.2 Å². The van der Waals surface area contributed by atoms with Gasteiger partial charge in [0.25, 0.3) is 0 Å². The average molecular weight is 751 g/mol. The molecule has 0 heterocycles. The highest BCUT2D eigenvalue weighted by atomic mass is 16.6. The Labute approximate surface area is 319 Å². The van der Waals surface area contributed by atoms with Gasteiger partial charge in [-0.3, -0.25) is 21.3 Å². The van der Waals surface area contributed by atoms with Crippen molar-refractivity contribution in [3.63, 3.8) is 0 Å². The Balaban J connectivity index is 1.94. The van der Waals surface area contributed by atoms with E-state index in [1.807, 2.05) is 48.5 Å². The lowest BCUT2D eigenvalue weighted by atomic mass is 9.65. The molecule has 0 radical (unpaired) electrons. The van der Waals surface area contributed by atoms with Crippen molar-refractivity contribution in [2.75, 3.05) is 0 Å². The Kier molecular flexibility index (Phi) is 13.9. The Morgan fingerprint density at radius 1 is 0.463 bits per heavy atom. The summed E-state index contributed by atoms with van der Waals surface area (Å²) in [6, 6.07) is 15.3. The van der Waals surface area contributed by atoms with Crippen molar-refractivity contribution in [3.05, 3.63) is 59.7 Å². The maximum atomic E-state index is 12.6. The molecule has 1 aliphatic rings. The lowest BCUT2D eigenvalue weighted by Gasteiger charge is -2.38. The maximum absolute atomic E-state index is 12.6. The number of ether oxygens (including phenoxy) is 4. The van der Waals surface area contributed by atoms with Gasteiger partial charge >= 0.3 is 24.4 Å². The minimum absolute atomic E-state index is 0.142. The summed E-state index contributed by atoms with van der Waals surface area (Å²) in [5.74, 6) is -0.284. The van der Waals surface area contributed by atoms with E-state index in [0.29, 0.717) is 11.4 Å². The van der Waals surface area contributed by atoms with Crippen molar-refractivity contribution < 1.29 is 38.1 Å². The van der Waals surface area contributed by atoms with Gasteiger partial charge in [-0.1, -0.05) is 43.5 Å². The summed E-state index contributed by atoms with van der Waals surface area (Å²) in [6.45, 7) is 20.8. The first-order chi connectivity index (χ1) is 24.8. The molecule has 54 heavy (non-hydrogen) atoms. The van der Waals surface area contributed by atoms with Crippen LogP contribution in [0.3, 0.4) is 0 Å². The van der Waals surface area contributed by atoms with E-state index in [-0.39, 0.29) is 17.3 Å². The minimum Gasteiger partial charge on any atom is -0.444 e. The van der Waals surface area contributed by atoms with Crippen LogP contribution in [-0.2, 0) is 24.4 Å². The molecule has 4 N–H and O–H groups in total. The number of benzene rings is 2. The number of nitrogens with one attached hydrogen (secondary N) is 4. The predicted molar refractivity (Wildman–Crippen MR) is 208 cm³/mol. The number of carbonyl (C=O) groups is 4.